The van der Waals surface area contributed by atoms with Gasteiger partial charge >= 0.3 is 6.03 Å². The Labute approximate surface area is 150 Å². The lowest BCUT2D eigenvalue weighted by Gasteiger charge is -2.23. The highest BCUT2D eigenvalue weighted by atomic mass is 16.4. The molecule has 0 aliphatic carbocycles. The molecule has 2 aromatic carbocycles. The molecule has 2 heterocycles. The molecule has 0 saturated carbocycles. The molecule has 1 N–H and O–H groups in total. The highest BCUT2D eigenvalue weighted by molar-refractivity contribution is 6.09. The van der Waals surface area contributed by atoms with Crippen LogP contribution in [-0.4, -0.2) is 21.8 Å². The van der Waals surface area contributed by atoms with Gasteiger partial charge in [-0.05, 0) is 37.1 Å². The van der Waals surface area contributed by atoms with E-state index in [1.165, 1.54) is 0 Å². The molecule has 1 aromatic heterocycles. The number of rotatable bonds is 3. The van der Waals surface area contributed by atoms with Crippen molar-refractivity contribution in [2.24, 2.45) is 0 Å². The van der Waals surface area contributed by atoms with Crippen LogP contribution in [0.2, 0.25) is 0 Å². The van der Waals surface area contributed by atoms with Crippen molar-refractivity contribution in [3.63, 3.8) is 0 Å². The Bertz CT molecular complexity index is 1010. The summed E-state index contributed by atoms with van der Waals surface area (Å²) in [6.07, 6.45) is 0. The molecule has 26 heavy (non-hydrogen) atoms. The van der Waals surface area contributed by atoms with Gasteiger partial charge in [0.25, 0.3) is 5.91 Å². The van der Waals surface area contributed by atoms with E-state index in [1.54, 1.807) is 13.8 Å². The van der Waals surface area contributed by atoms with Gasteiger partial charge in [-0.15, -0.1) is 0 Å². The van der Waals surface area contributed by atoms with Crippen molar-refractivity contribution >= 4 is 22.7 Å². The number of aryl methyl sites for hydroxylation is 2. The summed E-state index contributed by atoms with van der Waals surface area (Å²) in [6, 6.07) is 13.1. The number of nitrogens with zero attached hydrogens (tertiary/aromatic N) is 2. The summed E-state index contributed by atoms with van der Waals surface area (Å²) >= 11 is 0. The molecular weight excluding hydrogens is 330 g/mol. The molecule has 132 valence electrons. The van der Waals surface area contributed by atoms with Gasteiger partial charge in [0.05, 0.1) is 5.69 Å². The van der Waals surface area contributed by atoms with Gasteiger partial charge < -0.3 is 9.73 Å². The summed E-state index contributed by atoms with van der Waals surface area (Å²) in [6.45, 7) is 5.38. The molecule has 1 aliphatic heterocycles. The van der Waals surface area contributed by atoms with Crippen molar-refractivity contribution in [1.29, 1.82) is 0 Å². The maximum Gasteiger partial charge on any atom is 0.325 e. The number of nitrogens with one attached hydrogen (secondary N) is 1. The first-order valence-corrected chi connectivity index (χ1v) is 8.45. The van der Waals surface area contributed by atoms with Gasteiger partial charge in [0.15, 0.2) is 0 Å². The van der Waals surface area contributed by atoms with E-state index in [2.05, 4.69) is 10.3 Å². The quantitative estimate of drug-likeness (QED) is 0.735. The Hall–Kier alpha value is -3.15. The zero-order valence-corrected chi connectivity index (χ0v) is 14.9. The molecule has 0 radical (unpaired) electrons. The van der Waals surface area contributed by atoms with Crippen LogP contribution in [0.5, 0.6) is 0 Å². The SMILES string of the molecule is Cc1nc(CN2C(=O)NC(C)(c3cccc4ccccc34)C2=O)oc1C. The predicted molar refractivity (Wildman–Crippen MR) is 96.4 cm³/mol. The zero-order chi connectivity index (χ0) is 18.5. The van der Waals surface area contributed by atoms with E-state index in [9.17, 15) is 9.59 Å². The third-order valence-electron chi connectivity index (χ3n) is 4.97. The number of hydrogen-bond donors (Lipinski definition) is 1. The smallest absolute Gasteiger partial charge is 0.325 e. The van der Waals surface area contributed by atoms with Crippen LogP contribution in [0.25, 0.3) is 10.8 Å². The fourth-order valence-corrected chi connectivity index (χ4v) is 3.43. The summed E-state index contributed by atoms with van der Waals surface area (Å²) in [5.74, 6) is 0.724. The number of benzene rings is 2. The Morgan fingerprint density at radius 2 is 1.85 bits per heavy atom. The number of aromatic nitrogens is 1. The van der Waals surface area contributed by atoms with E-state index in [4.69, 9.17) is 4.42 Å². The van der Waals surface area contributed by atoms with Crippen LogP contribution in [0.4, 0.5) is 4.79 Å². The number of urea groups is 1. The second-order valence-corrected chi connectivity index (χ2v) is 6.72. The highest BCUT2D eigenvalue weighted by Crippen LogP contribution is 2.34. The first kappa shape index (κ1) is 16.3. The van der Waals surface area contributed by atoms with E-state index in [-0.39, 0.29) is 12.5 Å². The first-order valence-electron chi connectivity index (χ1n) is 8.45. The van der Waals surface area contributed by atoms with Crippen molar-refractivity contribution < 1.29 is 14.0 Å². The minimum absolute atomic E-state index is 0.0136. The fraction of sp³-hybridized carbons (Fsp3) is 0.250. The van der Waals surface area contributed by atoms with Crippen molar-refractivity contribution in [3.05, 3.63) is 65.4 Å². The maximum atomic E-state index is 13.2. The lowest BCUT2D eigenvalue weighted by molar-refractivity contribution is -0.131. The number of hydrogen-bond acceptors (Lipinski definition) is 4. The van der Waals surface area contributed by atoms with Crippen LogP contribution in [0.3, 0.4) is 0 Å². The van der Waals surface area contributed by atoms with E-state index in [0.29, 0.717) is 11.7 Å². The Morgan fingerprint density at radius 1 is 1.12 bits per heavy atom. The number of carbonyl (C=O) groups is 2. The second kappa shape index (κ2) is 5.69. The van der Waals surface area contributed by atoms with Crippen LogP contribution in [0.15, 0.2) is 46.9 Å². The summed E-state index contributed by atoms with van der Waals surface area (Å²) in [4.78, 5) is 31.1. The average molecular weight is 349 g/mol. The van der Waals surface area contributed by atoms with Gasteiger partial charge in [0.1, 0.15) is 17.8 Å². The second-order valence-electron chi connectivity index (χ2n) is 6.72. The van der Waals surface area contributed by atoms with Crippen LogP contribution in [0.1, 0.15) is 29.8 Å². The molecule has 4 rings (SSSR count). The van der Waals surface area contributed by atoms with Gasteiger partial charge in [-0.25, -0.2) is 9.78 Å². The predicted octanol–water partition coefficient (Wildman–Crippen LogP) is 3.41. The number of oxazole rings is 1. The van der Waals surface area contributed by atoms with Crippen molar-refractivity contribution in [1.82, 2.24) is 15.2 Å². The number of amides is 3. The number of carbonyl (C=O) groups excluding carboxylic acids is 2. The van der Waals surface area contributed by atoms with Crippen molar-refractivity contribution in [2.45, 2.75) is 32.9 Å². The van der Waals surface area contributed by atoms with E-state index in [0.717, 1.165) is 26.9 Å². The highest BCUT2D eigenvalue weighted by Gasteiger charge is 2.50. The molecule has 1 aliphatic rings. The molecule has 3 amide bonds. The normalized spacial score (nSPS) is 20.0. The lowest BCUT2D eigenvalue weighted by atomic mass is 9.88. The van der Waals surface area contributed by atoms with Crippen LogP contribution in [-0.2, 0) is 16.9 Å². The molecule has 6 nitrogen and oxygen atoms in total. The van der Waals surface area contributed by atoms with Gasteiger partial charge in [0, 0.05) is 0 Å². The molecular formula is C20H19N3O3. The van der Waals surface area contributed by atoms with Crippen LogP contribution >= 0.6 is 0 Å². The summed E-state index contributed by atoms with van der Waals surface area (Å²) in [5, 5.41) is 4.81. The molecule has 3 aromatic rings. The molecule has 0 bridgehead atoms. The third-order valence-corrected chi connectivity index (χ3v) is 4.97. The molecule has 1 saturated heterocycles. The molecule has 6 heteroatoms. The van der Waals surface area contributed by atoms with Crippen LogP contribution < -0.4 is 5.32 Å². The maximum absolute atomic E-state index is 13.2. The standard InChI is InChI=1S/C20H19N3O3/c1-12-13(2)26-17(21-12)11-23-18(24)20(3,22-19(23)25)16-10-6-8-14-7-4-5-9-15(14)16/h4-10H,11H2,1-3H3,(H,22,25). The fourth-order valence-electron chi connectivity index (χ4n) is 3.43. The molecule has 1 fully saturated rings. The minimum Gasteiger partial charge on any atom is -0.444 e. The lowest BCUT2D eigenvalue weighted by Crippen LogP contribution is -2.41. The van der Waals surface area contributed by atoms with Crippen molar-refractivity contribution in [2.75, 3.05) is 0 Å². The third kappa shape index (κ3) is 2.37. The van der Waals surface area contributed by atoms with E-state index < -0.39 is 11.6 Å². The molecule has 1 atom stereocenters. The largest absolute Gasteiger partial charge is 0.444 e. The van der Waals surface area contributed by atoms with Crippen LogP contribution in [0, 0.1) is 13.8 Å². The van der Waals surface area contributed by atoms with E-state index in [1.807, 2.05) is 49.4 Å². The summed E-state index contributed by atoms with van der Waals surface area (Å²) in [5.41, 5.74) is 0.398. The van der Waals surface area contributed by atoms with Crippen molar-refractivity contribution in [3.8, 4) is 0 Å². The summed E-state index contributed by atoms with van der Waals surface area (Å²) < 4.78 is 5.53. The van der Waals surface area contributed by atoms with E-state index >= 15 is 0 Å². The molecule has 0 spiro atoms. The molecule has 1 unspecified atom stereocenters. The number of imide groups is 1. The minimum atomic E-state index is -1.13. The first-order chi connectivity index (χ1) is 12.4. The van der Waals surface area contributed by atoms with Gasteiger partial charge in [-0.2, -0.15) is 0 Å². The summed E-state index contributed by atoms with van der Waals surface area (Å²) in [7, 11) is 0. The zero-order valence-electron chi connectivity index (χ0n) is 14.9. The van der Waals surface area contributed by atoms with Gasteiger partial charge in [-0.3, -0.25) is 9.69 Å². The monoisotopic (exact) mass is 349 g/mol. The Balaban J connectivity index is 1.73. The Kier molecular flexibility index (Phi) is 3.57. The van der Waals surface area contributed by atoms with Gasteiger partial charge in [-0.1, -0.05) is 42.5 Å². The topological polar surface area (TPSA) is 75.4 Å². The average Bonchev–Trinajstić information content (AvgIpc) is 3.06. The number of fused-ring (bicyclic) bond motifs is 1. The Morgan fingerprint density at radius 3 is 2.58 bits per heavy atom. The van der Waals surface area contributed by atoms with Gasteiger partial charge in [0.2, 0.25) is 5.89 Å².